The Morgan fingerprint density at radius 1 is 1.14 bits per heavy atom. The lowest BCUT2D eigenvalue weighted by atomic mass is 9.93. The number of aryl methyl sites for hydroxylation is 1. The highest BCUT2D eigenvalue weighted by molar-refractivity contribution is 7.89. The molecule has 0 bridgehead atoms. The van der Waals surface area contributed by atoms with Gasteiger partial charge in [-0.1, -0.05) is 37.0 Å². The van der Waals surface area contributed by atoms with Crippen LogP contribution in [0.4, 0.5) is 0 Å². The van der Waals surface area contributed by atoms with Gasteiger partial charge in [0.25, 0.3) is 5.91 Å². The third-order valence-corrected chi connectivity index (χ3v) is 8.56. The van der Waals surface area contributed by atoms with Crippen molar-refractivity contribution >= 4 is 15.9 Å². The van der Waals surface area contributed by atoms with Gasteiger partial charge in [0.1, 0.15) is 0 Å². The average Bonchev–Trinajstić information content (AvgIpc) is 2.75. The number of nitrogens with zero attached hydrogens (tertiary/aromatic N) is 2. The molecule has 1 atom stereocenters. The van der Waals surface area contributed by atoms with Gasteiger partial charge in [0, 0.05) is 12.6 Å². The predicted octanol–water partition coefficient (Wildman–Crippen LogP) is 1.45. The zero-order valence-electron chi connectivity index (χ0n) is 18.1. The molecule has 0 spiro atoms. The number of rotatable bonds is 6. The van der Waals surface area contributed by atoms with E-state index in [2.05, 4.69) is 11.8 Å². The Bertz CT molecular complexity index is 780. The van der Waals surface area contributed by atoms with E-state index < -0.39 is 10.0 Å². The Balaban J connectivity index is 1.60. The highest BCUT2D eigenvalue weighted by Gasteiger charge is 2.37. The standard InChI is InChI=1S/C22H35N3O3S/c1-4-25(20-8-6-5-7-9-20)22(26)19(3)23-14-16-24(17-15-23)29(27,28)21-12-10-18(2)11-13-21/h10-13,19-20H,4-9,14-17H2,1-3H3/p+1/t19-/m0/s1. The molecule has 162 valence electrons. The number of carbonyl (C=O) groups is 1. The normalized spacial score (nSPS) is 21.1. The second-order valence-electron chi connectivity index (χ2n) is 8.51. The Kier molecular flexibility index (Phi) is 7.35. The molecule has 1 saturated heterocycles. The Morgan fingerprint density at radius 2 is 1.72 bits per heavy atom. The van der Waals surface area contributed by atoms with Crippen molar-refractivity contribution < 1.29 is 18.1 Å². The number of amides is 1. The van der Waals surface area contributed by atoms with E-state index in [0.717, 1.165) is 24.9 Å². The summed E-state index contributed by atoms with van der Waals surface area (Å²) in [5, 5.41) is 0. The molecule has 0 unspecified atom stereocenters. The molecule has 1 saturated carbocycles. The summed E-state index contributed by atoms with van der Waals surface area (Å²) < 4.78 is 27.4. The van der Waals surface area contributed by atoms with Gasteiger partial charge in [0.05, 0.1) is 31.1 Å². The van der Waals surface area contributed by atoms with Crippen molar-refractivity contribution in [1.29, 1.82) is 0 Å². The highest BCUT2D eigenvalue weighted by Crippen LogP contribution is 2.23. The number of quaternary nitrogens is 1. The van der Waals surface area contributed by atoms with E-state index in [1.54, 1.807) is 16.4 Å². The molecule has 0 radical (unpaired) electrons. The van der Waals surface area contributed by atoms with Crippen LogP contribution in [0.3, 0.4) is 0 Å². The summed E-state index contributed by atoms with van der Waals surface area (Å²) in [5.74, 6) is 0.226. The zero-order chi connectivity index (χ0) is 21.0. The van der Waals surface area contributed by atoms with Crippen molar-refractivity contribution in [1.82, 2.24) is 9.21 Å². The molecule has 2 fully saturated rings. The van der Waals surface area contributed by atoms with Crippen molar-refractivity contribution in [2.24, 2.45) is 0 Å². The molecule has 0 aromatic heterocycles. The van der Waals surface area contributed by atoms with E-state index in [1.807, 2.05) is 26.0 Å². The van der Waals surface area contributed by atoms with Gasteiger partial charge in [-0.05, 0) is 45.7 Å². The van der Waals surface area contributed by atoms with Crippen LogP contribution in [-0.4, -0.2) is 68.3 Å². The molecule has 7 heteroatoms. The fraction of sp³-hybridized carbons (Fsp3) is 0.682. The van der Waals surface area contributed by atoms with Crippen molar-refractivity contribution in [3.05, 3.63) is 29.8 Å². The zero-order valence-corrected chi connectivity index (χ0v) is 18.9. The summed E-state index contributed by atoms with van der Waals surface area (Å²) in [4.78, 5) is 16.8. The fourth-order valence-electron chi connectivity index (χ4n) is 4.72. The summed E-state index contributed by atoms with van der Waals surface area (Å²) in [5.41, 5.74) is 1.05. The van der Waals surface area contributed by atoms with Crippen molar-refractivity contribution in [2.75, 3.05) is 32.7 Å². The third kappa shape index (κ3) is 5.01. The Morgan fingerprint density at radius 3 is 2.28 bits per heavy atom. The first-order chi connectivity index (χ1) is 13.8. The molecule has 6 nitrogen and oxygen atoms in total. The van der Waals surface area contributed by atoms with E-state index in [1.165, 1.54) is 24.2 Å². The van der Waals surface area contributed by atoms with Gasteiger partial charge < -0.3 is 9.80 Å². The van der Waals surface area contributed by atoms with Gasteiger partial charge in [0.2, 0.25) is 10.0 Å². The van der Waals surface area contributed by atoms with Gasteiger partial charge in [0.15, 0.2) is 6.04 Å². The maximum atomic E-state index is 13.2. The van der Waals surface area contributed by atoms with Gasteiger partial charge >= 0.3 is 0 Å². The first-order valence-corrected chi connectivity index (χ1v) is 12.5. The summed E-state index contributed by atoms with van der Waals surface area (Å²) >= 11 is 0. The Hall–Kier alpha value is -1.44. The number of hydrogen-bond donors (Lipinski definition) is 1. The van der Waals surface area contributed by atoms with Crippen LogP contribution in [0.2, 0.25) is 0 Å². The molecular weight excluding hydrogens is 386 g/mol. The van der Waals surface area contributed by atoms with Crippen LogP contribution < -0.4 is 4.90 Å². The maximum Gasteiger partial charge on any atom is 0.280 e. The number of carbonyl (C=O) groups excluding carboxylic acids is 1. The summed E-state index contributed by atoms with van der Waals surface area (Å²) in [6.07, 6.45) is 5.94. The van der Waals surface area contributed by atoms with Crippen molar-refractivity contribution in [3.8, 4) is 0 Å². The SMILES string of the molecule is CCN(C(=O)[C@H](C)[NH+]1CCN(S(=O)(=O)c2ccc(C)cc2)CC1)C1CCCCC1. The highest BCUT2D eigenvalue weighted by atomic mass is 32.2. The minimum atomic E-state index is -3.46. The quantitative estimate of drug-likeness (QED) is 0.755. The number of benzene rings is 1. The number of nitrogens with one attached hydrogen (secondary N) is 1. The van der Waals surface area contributed by atoms with Crippen LogP contribution in [0, 0.1) is 6.92 Å². The van der Waals surface area contributed by atoms with E-state index in [4.69, 9.17) is 0 Å². The van der Waals surface area contributed by atoms with E-state index >= 15 is 0 Å². The molecule has 1 aromatic rings. The number of hydrogen-bond acceptors (Lipinski definition) is 3. The van der Waals surface area contributed by atoms with Crippen LogP contribution in [0.1, 0.15) is 51.5 Å². The average molecular weight is 423 g/mol. The molecule has 3 rings (SSSR count). The number of piperazine rings is 1. The summed E-state index contributed by atoms with van der Waals surface area (Å²) in [7, 11) is -3.46. The van der Waals surface area contributed by atoms with E-state index in [0.29, 0.717) is 37.1 Å². The molecule has 1 aliphatic carbocycles. The van der Waals surface area contributed by atoms with E-state index in [-0.39, 0.29) is 11.9 Å². The van der Waals surface area contributed by atoms with Crippen LogP contribution in [-0.2, 0) is 14.8 Å². The lowest BCUT2D eigenvalue weighted by Crippen LogP contribution is -3.19. The minimum absolute atomic E-state index is 0.124. The molecule has 2 aliphatic rings. The summed E-state index contributed by atoms with van der Waals surface area (Å²) in [6, 6.07) is 7.28. The molecule has 1 aromatic carbocycles. The topological polar surface area (TPSA) is 62.1 Å². The monoisotopic (exact) mass is 422 g/mol. The first-order valence-electron chi connectivity index (χ1n) is 11.1. The summed E-state index contributed by atoms with van der Waals surface area (Å²) in [6.45, 7) is 9.03. The van der Waals surface area contributed by atoms with Gasteiger partial charge in [-0.25, -0.2) is 8.42 Å². The molecule has 29 heavy (non-hydrogen) atoms. The number of likely N-dealkylation sites (N-methyl/N-ethyl adjacent to an activating group) is 1. The van der Waals surface area contributed by atoms with Crippen LogP contribution >= 0.6 is 0 Å². The van der Waals surface area contributed by atoms with E-state index in [9.17, 15) is 13.2 Å². The minimum Gasteiger partial charge on any atom is -0.335 e. The lowest BCUT2D eigenvalue weighted by molar-refractivity contribution is -0.918. The lowest BCUT2D eigenvalue weighted by Gasteiger charge is -2.39. The molecule has 1 amide bonds. The van der Waals surface area contributed by atoms with Crippen molar-refractivity contribution in [3.63, 3.8) is 0 Å². The maximum absolute atomic E-state index is 13.2. The smallest absolute Gasteiger partial charge is 0.280 e. The molecule has 1 aliphatic heterocycles. The molecule has 1 heterocycles. The third-order valence-electron chi connectivity index (χ3n) is 6.65. The largest absolute Gasteiger partial charge is 0.335 e. The van der Waals surface area contributed by atoms with Gasteiger partial charge in [-0.3, -0.25) is 4.79 Å². The second-order valence-corrected chi connectivity index (χ2v) is 10.5. The van der Waals surface area contributed by atoms with Crippen molar-refractivity contribution in [2.45, 2.75) is 69.9 Å². The molecule has 1 N–H and O–H groups in total. The van der Waals surface area contributed by atoms with Crippen LogP contribution in [0.5, 0.6) is 0 Å². The number of sulfonamides is 1. The predicted molar refractivity (Wildman–Crippen MR) is 114 cm³/mol. The molecular formula is C22H36N3O3S+. The fourth-order valence-corrected chi connectivity index (χ4v) is 6.16. The van der Waals surface area contributed by atoms with Crippen LogP contribution in [0.15, 0.2) is 29.2 Å². The Labute approximate surface area is 175 Å². The van der Waals surface area contributed by atoms with Gasteiger partial charge in [-0.15, -0.1) is 0 Å². The van der Waals surface area contributed by atoms with Crippen LogP contribution in [0.25, 0.3) is 0 Å². The first kappa shape index (κ1) is 22.2. The van der Waals surface area contributed by atoms with Gasteiger partial charge in [-0.2, -0.15) is 4.31 Å². The second kappa shape index (κ2) is 9.58.